The van der Waals surface area contributed by atoms with Crippen LogP contribution in [0.3, 0.4) is 0 Å². The second kappa shape index (κ2) is 6.85. The first-order valence-electron chi connectivity index (χ1n) is 6.79. The van der Waals surface area contributed by atoms with Gasteiger partial charge in [-0.3, -0.25) is 0 Å². The van der Waals surface area contributed by atoms with Gasteiger partial charge in [-0.25, -0.2) is 4.39 Å². The molecule has 0 heterocycles. The van der Waals surface area contributed by atoms with E-state index in [1.54, 1.807) is 6.07 Å². The molecule has 0 radical (unpaired) electrons. The number of aliphatic hydroxyl groups excluding tert-OH is 1. The van der Waals surface area contributed by atoms with Crippen molar-refractivity contribution in [2.75, 3.05) is 0 Å². The van der Waals surface area contributed by atoms with E-state index in [2.05, 4.69) is 43.6 Å². The van der Waals surface area contributed by atoms with Gasteiger partial charge in [0.25, 0.3) is 0 Å². The summed E-state index contributed by atoms with van der Waals surface area (Å²) >= 11 is 3.23. The second-order valence-corrected chi connectivity index (χ2v) is 7.62. The average molecular weight is 331 g/mol. The van der Waals surface area contributed by atoms with E-state index in [1.807, 2.05) is 6.07 Å². The van der Waals surface area contributed by atoms with Crippen molar-refractivity contribution in [3.05, 3.63) is 34.1 Å². The molecule has 1 aromatic carbocycles. The molecule has 3 heteroatoms. The van der Waals surface area contributed by atoms with Gasteiger partial charge in [0.15, 0.2) is 0 Å². The molecule has 0 aliphatic rings. The highest BCUT2D eigenvalue weighted by Gasteiger charge is 2.19. The Morgan fingerprint density at radius 3 is 2.47 bits per heavy atom. The summed E-state index contributed by atoms with van der Waals surface area (Å²) in [7, 11) is 0. The molecule has 0 aromatic heterocycles. The van der Waals surface area contributed by atoms with Crippen LogP contribution in [0.2, 0.25) is 0 Å². The molecule has 0 aliphatic heterocycles. The maximum absolute atomic E-state index is 13.7. The maximum atomic E-state index is 13.7. The first-order valence-corrected chi connectivity index (χ1v) is 7.58. The minimum Gasteiger partial charge on any atom is -0.393 e. The van der Waals surface area contributed by atoms with Crippen molar-refractivity contribution in [3.63, 3.8) is 0 Å². The van der Waals surface area contributed by atoms with Crippen molar-refractivity contribution in [2.45, 2.75) is 53.1 Å². The van der Waals surface area contributed by atoms with E-state index in [4.69, 9.17) is 0 Å². The Kier molecular flexibility index (Phi) is 6.00. The van der Waals surface area contributed by atoms with Crippen LogP contribution >= 0.6 is 15.9 Å². The fourth-order valence-corrected chi connectivity index (χ4v) is 2.95. The van der Waals surface area contributed by atoms with E-state index in [-0.39, 0.29) is 11.2 Å². The molecule has 19 heavy (non-hydrogen) atoms. The summed E-state index contributed by atoms with van der Waals surface area (Å²) < 4.78 is 14.4. The molecule has 1 aromatic rings. The quantitative estimate of drug-likeness (QED) is 0.809. The van der Waals surface area contributed by atoms with Crippen LogP contribution in [0.15, 0.2) is 22.7 Å². The number of hydrogen-bond donors (Lipinski definition) is 1. The maximum Gasteiger partial charge on any atom is 0.127 e. The number of rotatable bonds is 5. The zero-order valence-electron chi connectivity index (χ0n) is 12.2. The Labute approximate surface area is 124 Å². The van der Waals surface area contributed by atoms with E-state index in [0.29, 0.717) is 24.3 Å². The van der Waals surface area contributed by atoms with E-state index < -0.39 is 6.10 Å². The van der Waals surface area contributed by atoms with Crippen molar-refractivity contribution in [3.8, 4) is 0 Å². The Balaban J connectivity index is 2.53. The van der Waals surface area contributed by atoms with Crippen LogP contribution in [0.4, 0.5) is 4.39 Å². The topological polar surface area (TPSA) is 20.2 Å². The van der Waals surface area contributed by atoms with Crippen LogP contribution in [0, 0.1) is 17.2 Å². The normalized spacial score (nSPS) is 15.3. The molecule has 0 amide bonds. The van der Waals surface area contributed by atoms with Crippen molar-refractivity contribution in [1.82, 2.24) is 0 Å². The Bertz CT molecular complexity index is 412. The van der Waals surface area contributed by atoms with Gasteiger partial charge in [-0.15, -0.1) is 0 Å². The van der Waals surface area contributed by atoms with Gasteiger partial charge >= 0.3 is 0 Å². The van der Waals surface area contributed by atoms with E-state index in [1.165, 1.54) is 6.07 Å². The third kappa shape index (κ3) is 6.53. The van der Waals surface area contributed by atoms with Gasteiger partial charge in [-0.1, -0.05) is 49.7 Å². The molecule has 1 nitrogen and oxygen atoms in total. The Morgan fingerprint density at radius 1 is 1.32 bits per heavy atom. The summed E-state index contributed by atoms with van der Waals surface area (Å²) in [6.07, 6.45) is 1.68. The SMILES string of the molecule is CC(CC(O)Cc1ccc(Br)cc1F)CC(C)(C)C. The predicted octanol–water partition coefficient (Wildman–Crippen LogP) is 4.95. The van der Waals surface area contributed by atoms with Crippen LogP contribution in [0.1, 0.15) is 46.1 Å². The highest BCUT2D eigenvalue weighted by atomic mass is 79.9. The standard InChI is InChI=1S/C16H24BrFO/c1-11(10-16(2,3)4)7-14(19)8-12-5-6-13(17)9-15(12)18/h5-6,9,11,14,19H,7-8,10H2,1-4H3. The van der Waals surface area contributed by atoms with Crippen molar-refractivity contribution >= 4 is 15.9 Å². The van der Waals surface area contributed by atoms with Gasteiger partial charge in [0.05, 0.1) is 6.10 Å². The van der Waals surface area contributed by atoms with Crippen LogP contribution < -0.4 is 0 Å². The summed E-state index contributed by atoms with van der Waals surface area (Å²) in [5, 5.41) is 10.1. The van der Waals surface area contributed by atoms with Crippen LogP contribution in [-0.4, -0.2) is 11.2 Å². The number of benzene rings is 1. The third-order valence-electron chi connectivity index (χ3n) is 3.11. The highest BCUT2D eigenvalue weighted by molar-refractivity contribution is 9.10. The summed E-state index contributed by atoms with van der Waals surface area (Å²) in [6.45, 7) is 8.74. The summed E-state index contributed by atoms with van der Waals surface area (Å²) in [5.74, 6) is 0.186. The van der Waals surface area contributed by atoms with E-state index in [9.17, 15) is 9.50 Å². The van der Waals surface area contributed by atoms with E-state index >= 15 is 0 Å². The molecule has 1 rings (SSSR count). The van der Waals surface area contributed by atoms with Crippen LogP contribution in [-0.2, 0) is 6.42 Å². The molecule has 0 spiro atoms. The van der Waals surface area contributed by atoms with Crippen molar-refractivity contribution < 1.29 is 9.50 Å². The lowest BCUT2D eigenvalue weighted by Crippen LogP contribution is -2.19. The molecule has 2 unspecified atom stereocenters. The Morgan fingerprint density at radius 2 is 1.95 bits per heavy atom. The molecular formula is C16H24BrFO. The monoisotopic (exact) mass is 330 g/mol. The number of aliphatic hydroxyl groups is 1. The fourth-order valence-electron chi connectivity index (χ4n) is 2.62. The van der Waals surface area contributed by atoms with Gasteiger partial charge in [-0.05, 0) is 41.9 Å². The molecular weight excluding hydrogens is 307 g/mol. The molecule has 108 valence electrons. The summed E-state index contributed by atoms with van der Waals surface area (Å²) in [4.78, 5) is 0. The molecule has 0 fully saturated rings. The van der Waals surface area contributed by atoms with Gasteiger partial charge in [0.1, 0.15) is 5.82 Å². The summed E-state index contributed by atoms with van der Waals surface area (Å²) in [5.41, 5.74) is 0.848. The van der Waals surface area contributed by atoms with Crippen LogP contribution in [0.25, 0.3) is 0 Å². The second-order valence-electron chi connectivity index (χ2n) is 6.70. The van der Waals surface area contributed by atoms with Crippen molar-refractivity contribution in [2.24, 2.45) is 11.3 Å². The molecule has 0 aliphatic carbocycles. The molecule has 2 atom stereocenters. The van der Waals surface area contributed by atoms with E-state index in [0.717, 1.165) is 10.9 Å². The fraction of sp³-hybridized carbons (Fsp3) is 0.625. The highest BCUT2D eigenvalue weighted by Crippen LogP contribution is 2.27. The first kappa shape index (κ1) is 16.6. The zero-order chi connectivity index (χ0) is 14.6. The lowest BCUT2D eigenvalue weighted by molar-refractivity contribution is 0.132. The number of hydrogen-bond acceptors (Lipinski definition) is 1. The zero-order valence-corrected chi connectivity index (χ0v) is 13.8. The molecule has 0 saturated carbocycles. The predicted molar refractivity (Wildman–Crippen MR) is 81.7 cm³/mol. The lowest BCUT2D eigenvalue weighted by atomic mass is 9.82. The minimum atomic E-state index is -0.479. The third-order valence-corrected chi connectivity index (χ3v) is 3.60. The Hall–Kier alpha value is -0.410. The average Bonchev–Trinajstić information content (AvgIpc) is 2.19. The lowest BCUT2D eigenvalue weighted by Gasteiger charge is -2.25. The molecule has 0 bridgehead atoms. The van der Waals surface area contributed by atoms with Gasteiger partial charge < -0.3 is 5.11 Å². The molecule has 0 saturated heterocycles. The van der Waals surface area contributed by atoms with Gasteiger partial charge in [0.2, 0.25) is 0 Å². The molecule has 1 N–H and O–H groups in total. The van der Waals surface area contributed by atoms with Gasteiger partial charge in [0, 0.05) is 10.9 Å². The first-order chi connectivity index (χ1) is 8.67. The minimum absolute atomic E-state index is 0.253. The van der Waals surface area contributed by atoms with Crippen molar-refractivity contribution in [1.29, 1.82) is 0 Å². The largest absolute Gasteiger partial charge is 0.393 e. The summed E-state index contributed by atoms with van der Waals surface area (Å²) in [6, 6.07) is 4.99. The smallest absolute Gasteiger partial charge is 0.127 e. The van der Waals surface area contributed by atoms with Crippen LogP contribution in [0.5, 0.6) is 0 Å². The number of halogens is 2. The van der Waals surface area contributed by atoms with Gasteiger partial charge in [-0.2, -0.15) is 0 Å².